The fourth-order valence-electron chi connectivity index (χ4n) is 2.57. The number of aryl methyl sites for hydroxylation is 1. The van der Waals surface area contributed by atoms with Crippen LogP contribution in [0, 0.1) is 11.7 Å². The van der Waals surface area contributed by atoms with E-state index < -0.39 is 0 Å². The van der Waals surface area contributed by atoms with Gasteiger partial charge in [0.05, 0.1) is 0 Å². The molecule has 2 rings (SSSR count). The molecule has 0 spiro atoms. The van der Waals surface area contributed by atoms with Crippen molar-refractivity contribution in [3.05, 3.63) is 57.5 Å². The van der Waals surface area contributed by atoms with Crippen molar-refractivity contribution in [2.45, 2.75) is 33.1 Å². The van der Waals surface area contributed by atoms with E-state index in [2.05, 4.69) is 31.3 Å². The molecule has 114 valence electrons. The van der Waals surface area contributed by atoms with Gasteiger partial charge in [-0.05, 0) is 68.1 Å². The topological polar surface area (TPSA) is 12.0 Å². The van der Waals surface area contributed by atoms with Crippen LogP contribution in [-0.4, -0.2) is 13.1 Å². The van der Waals surface area contributed by atoms with Gasteiger partial charge in [0.2, 0.25) is 0 Å². The zero-order valence-corrected chi connectivity index (χ0v) is 13.7. The van der Waals surface area contributed by atoms with Gasteiger partial charge in [0.25, 0.3) is 0 Å². The quantitative estimate of drug-likeness (QED) is 0.759. The summed E-state index contributed by atoms with van der Waals surface area (Å²) >= 11 is 1.91. The number of benzene rings is 1. The van der Waals surface area contributed by atoms with Gasteiger partial charge in [-0.2, -0.15) is 0 Å². The Morgan fingerprint density at radius 2 is 1.90 bits per heavy atom. The Morgan fingerprint density at radius 3 is 2.57 bits per heavy atom. The normalized spacial score (nSPS) is 12.5. The van der Waals surface area contributed by atoms with E-state index >= 15 is 0 Å². The predicted octanol–water partition coefficient (Wildman–Crippen LogP) is 4.46. The average Bonchev–Trinajstić information content (AvgIpc) is 2.92. The van der Waals surface area contributed by atoms with Crippen LogP contribution in [0.1, 0.15) is 29.2 Å². The number of hydrogen-bond donors (Lipinski definition) is 1. The molecule has 0 aliphatic carbocycles. The lowest BCUT2D eigenvalue weighted by atomic mass is 9.95. The van der Waals surface area contributed by atoms with Gasteiger partial charge >= 0.3 is 0 Å². The molecule has 1 atom stereocenters. The lowest BCUT2D eigenvalue weighted by Crippen LogP contribution is -2.25. The maximum Gasteiger partial charge on any atom is 0.123 e. The smallest absolute Gasteiger partial charge is 0.123 e. The molecule has 1 aromatic heterocycles. The van der Waals surface area contributed by atoms with E-state index in [0.717, 1.165) is 37.9 Å². The second-order valence-electron chi connectivity index (χ2n) is 5.43. The first kappa shape index (κ1) is 16.2. The van der Waals surface area contributed by atoms with E-state index in [1.54, 1.807) is 12.1 Å². The third kappa shape index (κ3) is 5.25. The van der Waals surface area contributed by atoms with Crippen LogP contribution in [0.3, 0.4) is 0 Å². The van der Waals surface area contributed by atoms with E-state index in [1.165, 1.54) is 15.8 Å². The molecule has 0 aliphatic heterocycles. The van der Waals surface area contributed by atoms with Crippen molar-refractivity contribution in [1.29, 1.82) is 0 Å². The largest absolute Gasteiger partial charge is 0.317 e. The molecule has 0 saturated heterocycles. The van der Waals surface area contributed by atoms with Crippen molar-refractivity contribution in [3.63, 3.8) is 0 Å². The number of thiophene rings is 1. The van der Waals surface area contributed by atoms with E-state index in [4.69, 9.17) is 0 Å². The maximum absolute atomic E-state index is 13.3. The average molecular weight is 305 g/mol. The van der Waals surface area contributed by atoms with Crippen LogP contribution in [0.5, 0.6) is 0 Å². The summed E-state index contributed by atoms with van der Waals surface area (Å²) < 4.78 is 13.3. The van der Waals surface area contributed by atoms with Crippen LogP contribution >= 0.6 is 11.3 Å². The summed E-state index contributed by atoms with van der Waals surface area (Å²) in [6.45, 7) is 6.27. The van der Waals surface area contributed by atoms with Crippen molar-refractivity contribution < 1.29 is 4.39 Å². The Bertz CT molecular complexity index is 550. The summed E-state index contributed by atoms with van der Waals surface area (Å²) in [5, 5.41) is 3.44. The molecular weight excluding hydrogens is 281 g/mol. The molecule has 1 nitrogen and oxygen atoms in total. The Hall–Kier alpha value is -1.19. The van der Waals surface area contributed by atoms with E-state index in [0.29, 0.717) is 5.92 Å². The van der Waals surface area contributed by atoms with Crippen molar-refractivity contribution >= 4 is 11.3 Å². The van der Waals surface area contributed by atoms with Crippen molar-refractivity contribution in [3.8, 4) is 0 Å². The molecule has 0 amide bonds. The number of halogens is 1. The molecule has 21 heavy (non-hydrogen) atoms. The van der Waals surface area contributed by atoms with E-state index in [-0.39, 0.29) is 5.82 Å². The van der Waals surface area contributed by atoms with Crippen molar-refractivity contribution in [1.82, 2.24) is 5.32 Å². The standard InChI is InChI=1S/C18H24FNS/c1-3-17-8-9-18(21-17)12-15(13-20-4-2)10-14-6-5-7-16(19)11-14/h5-9,11,15,20H,3-4,10,12-13H2,1-2H3. The summed E-state index contributed by atoms with van der Waals surface area (Å²) in [5.74, 6) is 0.370. The molecule has 0 fully saturated rings. The first-order valence-corrected chi connectivity index (χ1v) is 8.55. The Kier molecular flexibility index (Phi) is 6.40. The first-order chi connectivity index (χ1) is 10.2. The van der Waals surface area contributed by atoms with Gasteiger partial charge in [0.1, 0.15) is 5.82 Å². The molecule has 1 unspecified atom stereocenters. The summed E-state index contributed by atoms with van der Waals surface area (Å²) in [6, 6.07) is 11.5. The minimum Gasteiger partial charge on any atom is -0.317 e. The lowest BCUT2D eigenvalue weighted by molar-refractivity contribution is 0.480. The van der Waals surface area contributed by atoms with Gasteiger partial charge in [0.15, 0.2) is 0 Å². The molecule has 0 saturated carbocycles. The van der Waals surface area contributed by atoms with Crippen LogP contribution in [0.2, 0.25) is 0 Å². The number of rotatable bonds is 8. The van der Waals surface area contributed by atoms with Crippen LogP contribution < -0.4 is 5.32 Å². The molecule has 2 aromatic rings. The molecule has 0 aliphatic rings. The van der Waals surface area contributed by atoms with Crippen LogP contribution in [-0.2, 0) is 19.3 Å². The van der Waals surface area contributed by atoms with Gasteiger partial charge in [-0.25, -0.2) is 4.39 Å². The van der Waals surface area contributed by atoms with Crippen molar-refractivity contribution in [2.75, 3.05) is 13.1 Å². The third-order valence-electron chi connectivity index (χ3n) is 3.65. The Morgan fingerprint density at radius 1 is 1.10 bits per heavy atom. The molecule has 1 N–H and O–H groups in total. The minimum absolute atomic E-state index is 0.140. The summed E-state index contributed by atoms with van der Waals surface area (Å²) in [4.78, 5) is 2.88. The molecule has 1 aromatic carbocycles. The highest BCUT2D eigenvalue weighted by Gasteiger charge is 2.12. The van der Waals surface area contributed by atoms with Gasteiger partial charge in [-0.15, -0.1) is 11.3 Å². The molecule has 0 radical (unpaired) electrons. The highest BCUT2D eigenvalue weighted by Crippen LogP contribution is 2.22. The first-order valence-electron chi connectivity index (χ1n) is 7.74. The summed E-state index contributed by atoms with van der Waals surface area (Å²) in [5.41, 5.74) is 1.09. The minimum atomic E-state index is -0.140. The van der Waals surface area contributed by atoms with Gasteiger partial charge in [-0.3, -0.25) is 0 Å². The fourth-order valence-corrected chi connectivity index (χ4v) is 3.64. The van der Waals surface area contributed by atoms with Crippen LogP contribution in [0.15, 0.2) is 36.4 Å². The highest BCUT2D eigenvalue weighted by atomic mass is 32.1. The Balaban J connectivity index is 2.03. The monoisotopic (exact) mass is 305 g/mol. The van der Waals surface area contributed by atoms with Crippen molar-refractivity contribution in [2.24, 2.45) is 5.92 Å². The molecular formula is C18H24FNS. The SMILES string of the molecule is CCNCC(Cc1cccc(F)c1)Cc1ccc(CC)s1. The molecule has 1 heterocycles. The van der Waals surface area contributed by atoms with Crippen LogP contribution in [0.25, 0.3) is 0 Å². The second kappa shape index (κ2) is 8.30. The predicted molar refractivity (Wildman–Crippen MR) is 89.5 cm³/mol. The Labute approximate surface area is 131 Å². The number of nitrogens with one attached hydrogen (secondary N) is 1. The van der Waals surface area contributed by atoms with E-state index in [9.17, 15) is 4.39 Å². The zero-order chi connectivity index (χ0) is 15.1. The fraction of sp³-hybridized carbons (Fsp3) is 0.444. The van der Waals surface area contributed by atoms with Gasteiger partial charge < -0.3 is 5.32 Å². The molecule has 0 bridgehead atoms. The van der Waals surface area contributed by atoms with Gasteiger partial charge in [0, 0.05) is 9.75 Å². The van der Waals surface area contributed by atoms with E-state index in [1.807, 2.05) is 17.4 Å². The summed E-state index contributed by atoms with van der Waals surface area (Å²) in [7, 11) is 0. The zero-order valence-electron chi connectivity index (χ0n) is 12.9. The highest BCUT2D eigenvalue weighted by molar-refractivity contribution is 7.11. The lowest BCUT2D eigenvalue weighted by Gasteiger charge is -2.17. The third-order valence-corrected chi connectivity index (χ3v) is 4.90. The van der Waals surface area contributed by atoms with Gasteiger partial charge in [-0.1, -0.05) is 26.0 Å². The number of hydrogen-bond acceptors (Lipinski definition) is 2. The second-order valence-corrected chi connectivity index (χ2v) is 6.69. The summed E-state index contributed by atoms with van der Waals surface area (Å²) in [6.07, 6.45) is 3.09. The maximum atomic E-state index is 13.3. The molecule has 3 heteroatoms. The van der Waals surface area contributed by atoms with Crippen LogP contribution in [0.4, 0.5) is 4.39 Å².